The second-order valence-electron chi connectivity index (χ2n) is 14.8. The number of carbonyl (C=O) groups excluding carboxylic acids is 1. The normalized spacial score (nSPS) is 12.6. The maximum Gasteiger partial charge on any atom is 0.306 e. The molecule has 0 saturated carbocycles. The van der Waals surface area contributed by atoms with Crippen LogP contribution in [0.1, 0.15) is 226 Å². The highest BCUT2D eigenvalue weighted by atomic mass is 16.6. The van der Waals surface area contributed by atoms with Gasteiger partial charge in [-0.3, -0.25) is 4.79 Å². The Balaban J connectivity index is 3.42. The van der Waals surface area contributed by atoms with Crippen molar-refractivity contribution in [3.63, 3.8) is 0 Å². The third-order valence-corrected chi connectivity index (χ3v) is 9.69. The molecule has 1 N–H and O–H groups in total. The van der Waals surface area contributed by atoms with Gasteiger partial charge >= 0.3 is 5.97 Å². The van der Waals surface area contributed by atoms with Crippen molar-refractivity contribution in [2.24, 2.45) is 0 Å². The number of ether oxygens (including phenoxy) is 2. The molecule has 0 aliphatic heterocycles. The van der Waals surface area contributed by atoms with Gasteiger partial charge in [0.2, 0.25) is 0 Å². The van der Waals surface area contributed by atoms with Gasteiger partial charge in [0.05, 0.1) is 13.2 Å². The van der Waals surface area contributed by atoms with Gasteiger partial charge < -0.3 is 14.6 Å². The van der Waals surface area contributed by atoms with Gasteiger partial charge in [-0.15, -0.1) is 0 Å². The van der Waals surface area contributed by atoms with Crippen LogP contribution in [0.2, 0.25) is 0 Å². The Kier molecular flexibility index (Phi) is 42.6. The van der Waals surface area contributed by atoms with E-state index in [2.05, 4.69) is 50.3 Å². The first-order chi connectivity index (χ1) is 24.7. The van der Waals surface area contributed by atoms with Crippen LogP contribution in [-0.4, -0.2) is 37.0 Å². The van der Waals surface area contributed by atoms with Crippen LogP contribution in [0.25, 0.3) is 0 Å². The quantitative estimate of drug-likeness (QED) is 0.0391. The molecule has 0 aromatic carbocycles. The van der Waals surface area contributed by atoms with Gasteiger partial charge in [0.1, 0.15) is 6.10 Å². The molecule has 1 unspecified atom stereocenters. The minimum Gasteiger partial charge on any atom is -0.457 e. The summed E-state index contributed by atoms with van der Waals surface area (Å²) in [5.41, 5.74) is 0. The fourth-order valence-corrected chi connectivity index (χ4v) is 6.35. The number of aliphatic hydroxyl groups excluding tert-OH is 1. The fourth-order valence-electron chi connectivity index (χ4n) is 6.35. The largest absolute Gasteiger partial charge is 0.457 e. The van der Waals surface area contributed by atoms with E-state index in [1.54, 1.807) is 0 Å². The summed E-state index contributed by atoms with van der Waals surface area (Å²) < 4.78 is 11.2. The van der Waals surface area contributed by atoms with E-state index in [1.807, 2.05) is 0 Å². The van der Waals surface area contributed by atoms with E-state index < -0.39 is 6.10 Å². The molecule has 0 aliphatic carbocycles. The first-order valence-electron chi connectivity index (χ1n) is 22.1. The van der Waals surface area contributed by atoms with Crippen molar-refractivity contribution in [3.05, 3.63) is 36.5 Å². The molecule has 0 spiro atoms. The average molecular weight is 703 g/mol. The summed E-state index contributed by atoms with van der Waals surface area (Å²) in [4.78, 5) is 12.2. The Labute approximate surface area is 312 Å². The molecular weight excluding hydrogens is 617 g/mol. The van der Waals surface area contributed by atoms with Crippen LogP contribution in [0.5, 0.6) is 0 Å². The molecule has 0 heterocycles. The summed E-state index contributed by atoms with van der Waals surface area (Å²) in [5.74, 6) is -0.204. The zero-order valence-electron chi connectivity index (χ0n) is 33.7. The predicted octanol–water partition coefficient (Wildman–Crippen LogP) is 14.5. The Morgan fingerprint density at radius 2 is 0.840 bits per heavy atom. The van der Waals surface area contributed by atoms with E-state index in [1.165, 1.54) is 180 Å². The van der Waals surface area contributed by atoms with E-state index in [4.69, 9.17) is 9.47 Å². The third-order valence-electron chi connectivity index (χ3n) is 9.69. The van der Waals surface area contributed by atoms with Gasteiger partial charge in [-0.1, -0.05) is 185 Å². The van der Waals surface area contributed by atoms with Gasteiger partial charge in [-0.2, -0.15) is 0 Å². The zero-order valence-corrected chi connectivity index (χ0v) is 33.7. The number of unbranched alkanes of at least 4 members (excludes halogenated alkanes) is 27. The Morgan fingerprint density at radius 1 is 0.480 bits per heavy atom. The van der Waals surface area contributed by atoms with E-state index in [0.717, 1.165) is 25.7 Å². The molecule has 0 fully saturated rings. The van der Waals surface area contributed by atoms with Crippen LogP contribution in [0, 0.1) is 0 Å². The van der Waals surface area contributed by atoms with Crippen LogP contribution in [0.3, 0.4) is 0 Å². The highest BCUT2D eigenvalue weighted by Crippen LogP contribution is 2.14. The number of esters is 1. The molecule has 0 amide bonds. The van der Waals surface area contributed by atoms with Crippen molar-refractivity contribution in [2.45, 2.75) is 232 Å². The van der Waals surface area contributed by atoms with Crippen LogP contribution in [0.15, 0.2) is 36.5 Å². The van der Waals surface area contributed by atoms with Crippen molar-refractivity contribution in [3.8, 4) is 0 Å². The lowest BCUT2D eigenvalue weighted by Crippen LogP contribution is -2.27. The molecule has 0 aliphatic rings. The molecule has 294 valence electrons. The summed E-state index contributed by atoms with van der Waals surface area (Å²) >= 11 is 0. The molecule has 0 aromatic heterocycles. The van der Waals surface area contributed by atoms with Gasteiger partial charge in [0.25, 0.3) is 0 Å². The topological polar surface area (TPSA) is 55.8 Å². The second-order valence-corrected chi connectivity index (χ2v) is 14.8. The molecule has 0 saturated heterocycles. The molecule has 1 atom stereocenters. The first-order valence-corrected chi connectivity index (χ1v) is 22.1. The number of rotatable bonds is 41. The van der Waals surface area contributed by atoms with Crippen LogP contribution >= 0.6 is 0 Å². The van der Waals surface area contributed by atoms with Crippen molar-refractivity contribution in [2.75, 3.05) is 19.8 Å². The van der Waals surface area contributed by atoms with Gasteiger partial charge in [-0.05, 0) is 70.6 Å². The second kappa shape index (κ2) is 43.8. The number of hydrogen-bond donors (Lipinski definition) is 1. The summed E-state index contributed by atoms with van der Waals surface area (Å²) in [5, 5.41) is 9.61. The first kappa shape index (κ1) is 48.6. The molecular formula is C46H86O4. The van der Waals surface area contributed by atoms with Gasteiger partial charge in [-0.25, -0.2) is 0 Å². The average Bonchev–Trinajstić information content (AvgIpc) is 3.12. The SMILES string of the molecule is CCCCC/C=C\C/C=C\CCCCCCCCCCCC(=O)OC(CO)COCCCCCCCCCC/C=C\CCCCCCCCC. The molecule has 0 bridgehead atoms. The van der Waals surface area contributed by atoms with Crippen molar-refractivity contribution in [1.29, 1.82) is 0 Å². The highest BCUT2D eigenvalue weighted by Gasteiger charge is 2.13. The van der Waals surface area contributed by atoms with Crippen LogP contribution in [-0.2, 0) is 14.3 Å². The smallest absolute Gasteiger partial charge is 0.306 e. The van der Waals surface area contributed by atoms with Gasteiger partial charge in [0.15, 0.2) is 0 Å². The van der Waals surface area contributed by atoms with E-state index >= 15 is 0 Å². The molecule has 4 nitrogen and oxygen atoms in total. The minimum absolute atomic E-state index is 0.173. The van der Waals surface area contributed by atoms with Crippen molar-refractivity contribution in [1.82, 2.24) is 0 Å². The Morgan fingerprint density at radius 3 is 1.30 bits per heavy atom. The molecule has 50 heavy (non-hydrogen) atoms. The lowest BCUT2D eigenvalue weighted by molar-refractivity contribution is -0.154. The minimum atomic E-state index is -0.537. The molecule has 0 rings (SSSR count). The van der Waals surface area contributed by atoms with Crippen LogP contribution < -0.4 is 0 Å². The maximum atomic E-state index is 12.2. The third kappa shape index (κ3) is 41.0. The number of hydrogen-bond acceptors (Lipinski definition) is 4. The lowest BCUT2D eigenvalue weighted by Gasteiger charge is -2.16. The van der Waals surface area contributed by atoms with E-state index in [9.17, 15) is 9.90 Å². The maximum absolute atomic E-state index is 12.2. The number of allylic oxidation sites excluding steroid dienone is 6. The van der Waals surface area contributed by atoms with Crippen molar-refractivity contribution >= 4 is 5.97 Å². The number of carbonyl (C=O) groups is 1. The van der Waals surface area contributed by atoms with E-state index in [-0.39, 0.29) is 12.6 Å². The predicted molar refractivity (Wildman–Crippen MR) is 219 cm³/mol. The Hall–Kier alpha value is -1.39. The Bertz CT molecular complexity index is 742. The lowest BCUT2D eigenvalue weighted by atomic mass is 10.1. The van der Waals surface area contributed by atoms with Gasteiger partial charge in [0, 0.05) is 13.0 Å². The molecule has 0 radical (unpaired) electrons. The zero-order chi connectivity index (χ0) is 36.3. The highest BCUT2D eigenvalue weighted by molar-refractivity contribution is 5.69. The summed E-state index contributed by atoms with van der Waals surface area (Å²) in [6.07, 6.45) is 54.9. The summed E-state index contributed by atoms with van der Waals surface area (Å²) in [7, 11) is 0. The molecule has 0 aromatic rings. The summed E-state index contributed by atoms with van der Waals surface area (Å²) in [6, 6.07) is 0. The summed E-state index contributed by atoms with van der Waals surface area (Å²) in [6.45, 7) is 5.33. The molecule has 4 heteroatoms. The fraction of sp³-hybridized carbons (Fsp3) is 0.848. The monoisotopic (exact) mass is 703 g/mol. The van der Waals surface area contributed by atoms with Crippen molar-refractivity contribution < 1.29 is 19.4 Å². The van der Waals surface area contributed by atoms with Crippen LogP contribution in [0.4, 0.5) is 0 Å². The number of aliphatic hydroxyl groups is 1. The standard InChI is InChI=1S/C46H86O4/c1-3-5-7-9-11-13-15-17-19-21-23-25-27-29-31-33-35-37-39-41-46(48)50-45(43-47)44-49-42-40-38-36-34-32-30-28-26-24-22-20-18-16-14-12-10-8-6-4-2/h11,13,17,19-20,22,45,47H,3-10,12,14-16,18,21,23-44H2,1-2H3/b13-11-,19-17-,22-20-. The van der Waals surface area contributed by atoms with E-state index in [0.29, 0.717) is 19.6 Å².